The fraction of sp³-hybridized carbons (Fsp3) is 0.533. The van der Waals surface area contributed by atoms with Crippen molar-refractivity contribution in [2.75, 3.05) is 6.61 Å². The molecule has 7 nitrogen and oxygen atoms in total. The Morgan fingerprint density at radius 3 is 2.82 bits per heavy atom. The highest BCUT2D eigenvalue weighted by atomic mass is 16.5. The standard InChI is InChI=1S/C15H18N2O5/c1-4-10(18)9-5-16-7-15(3)17(8(2)6-22-15)14(21)11(16)13(20)12(9)19/h5,8,20H,4,6-7H2,1-3H3/t8-,15+/m0/s1. The van der Waals surface area contributed by atoms with E-state index in [1.54, 1.807) is 18.7 Å². The van der Waals surface area contributed by atoms with Gasteiger partial charge in [0, 0.05) is 12.6 Å². The minimum absolute atomic E-state index is 0.0764. The van der Waals surface area contributed by atoms with Gasteiger partial charge in [0.25, 0.3) is 5.91 Å². The Hall–Kier alpha value is -2.15. The van der Waals surface area contributed by atoms with Crippen molar-refractivity contribution in [3.05, 3.63) is 27.7 Å². The molecule has 2 atom stereocenters. The molecule has 0 aromatic carbocycles. The number of ether oxygens (including phenoxy) is 1. The van der Waals surface area contributed by atoms with Gasteiger partial charge in [-0.3, -0.25) is 14.4 Å². The van der Waals surface area contributed by atoms with E-state index in [1.165, 1.54) is 10.8 Å². The number of rotatable bonds is 2. The average Bonchev–Trinajstić information content (AvgIpc) is 2.77. The quantitative estimate of drug-likeness (QED) is 0.814. The van der Waals surface area contributed by atoms with Gasteiger partial charge in [0.05, 0.1) is 24.8 Å². The molecule has 22 heavy (non-hydrogen) atoms. The normalized spacial score (nSPS) is 26.8. The lowest BCUT2D eigenvalue weighted by Gasteiger charge is -2.41. The first kappa shape index (κ1) is 14.8. The van der Waals surface area contributed by atoms with E-state index >= 15 is 0 Å². The second-order valence-corrected chi connectivity index (χ2v) is 5.98. The first-order chi connectivity index (χ1) is 10.3. The monoisotopic (exact) mass is 306 g/mol. The number of fused-ring (bicyclic) bond motifs is 2. The number of aromatic hydroxyl groups is 1. The number of hydrogen-bond donors (Lipinski definition) is 1. The summed E-state index contributed by atoms with van der Waals surface area (Å²) in [6, 6.07) is -0.141. The molecule has 0 radical (unpaired) electrons. The molecule has 0 unspecified atom stereocenters. The van der Waals surface area contributed by atoms with Crippen molar-refractivity contribution in [1.82, 2.24) is 9.47 Å². The van der Waals surface area contributed by atoms with E-state index in [0.29, 0.717) is 6.61 Å². The van der Waals surface area contributed by atoms with Crippen LogP contribution in [0.25, 0.3) is 0 Å². The largest absolute Gasteiger partial charge is 0.503 e. The van der Waals surface area contributed by atoms with Crippen LogP contribution in [0.1, 0.15) is 48.0 Å². The third-order valence-electron chi connectivity index (χ3n) is 4.35. The Morgan fingerprint density at radius 2 is 2.18 bits per heavy atom. The Morgan fingerprint density at radius 1 is 1.50 bits per heavy atom. The van der Waals surface area contributed by atoms with E-state index in [-0.39, 0.29) is 36.0 Å². The van der Waals surface area contributed by atoms with Crippen LogP contribution in [0.2, 0.25) is 0 Å². The number of hydrogen-bond acceptors (Lipinski definition) is 5. The van der Waals surface area contributed by atoms with E-state index in [0.717, 1.165) is 0 Å². The minimum Gasteiger partial charge on any atom is -0.503 e. The molecule has 0 aliphatic carbocycles. The van der Waals surface area contributed by atoms with Crippen molar-refractivity contribution in [3.8, 4) is 5.75 Å². The summed E-state index contributed by atoms with van der Waals surface area (Å²) in [5.74, 6) is -1.48. The van der Waals surface area contributed by atoms with E-state index < -0.39 is 22.8 Å². The molecule has 3 heterocycles. The molecule has 0 bridgehead atoms. The summed E-state index contributed by atoms with van der Waals surface area (Å²) >= 11 is 0. The Labute approximate surface area is 127 Å². The third kappa shape index (κ3) is 1.81. The predicted molar refractivity (Wildman–Crippen MR) is 77.0 cm³/mol. The van der Waals surface area contributed by atoms with Crippen molar-refractivity contribution < 1.29 is 19.4 Å². The summed E-state index contributed by atoms with van der Waals surface area (Å²) in [7, 11) is 0. The Balaban J connectivity index is 2.22. The zero-order valence-corrected chi connectivity index (χ0v) is 12.8. The second kappa shape index (κ2) is 4.67. The van der Waals surface area contributed by atoms with Crippen LogP contribution in [0.5, 0.6) is 5.75 Å². The molecule has 2 aliphatic rings. The maximum atomic E-state index is 12.7. The van der Waals surface area contributed by atoms with Gasteiger partial charge in [-0.1, -0.05) is 6.92 Å². The first-order valence-corrected chi connectivity index (χ1v) is 7.27. The summed E-state index contributed by atoms with van der Waals surface area (Å²) in [5, 5.41) is 10.2. The zero-order chi connectivity index (χ0) is 16.2. The fourth-order valence-corrected chi connectivity index (χ4v) is 3.27. The highest BCUT2D eigenvalue weighted by Gasteiger charge is 2.50. The lowest BCUT2D eigenvalue weighted by atomic mass is 10.0. The van der Waals surface area contributed by atoms with Crippen LogP contribution < -0.4 is 5.43 Å². The summed E-state index contributed by atoms with van der Waals surface area (Å²) in [6.45, 7) is 5.93. The number of ketones is 1. The van der Waals surface area contributed by atoms with Gasteiger partial charge in [-0.15, -0.1) is 0 Å². The summed E-state index contributed by atoms with van der Waals surface area (Å²) in [5.41, 5.74) is -1.80. The third-order valence-corrected chi connectivity index (χ3v) is 4.35. The van der Waals surface area contributed by atoms with Crippen LogP contribution in [0.15, 0.2) is 11.0 Å². The topological polar surface area (TPSA) is 88.8 Å². The Kier molecular flexibility index (Phi) is 3.14. The summed E-state index contributed by atoms with van der Waals surface area (Å²) in [4.78, 5) is 38.2. The molecule has 1 N–H and O–H groups in total. The van der Waals surface area contributed by atoms with Gasteiger partial charge in [-0.05, 0) is 13.8 Å². The molecule has 3 rings (SSSR count). The van der Waals surface area contributed by atoms with Gasteiger partial charge in [0.2, 0.25) is 5.43 Å². The first-order valence-electron chi connectivity index (χ1n) is 7.27. The van der Waals surface area contributed by atoms with Crippen molar-refractivity contribution >= 4 is 11.7 Å². The van der Waals surface area contributed by atoms with Crippen LogP contribution in [-0.2, 0) is 11.3 Å². The molecule has 1 saturated heterocycles. The maximum absolute atomic E-state index is 12.7. The van der Waals surface area contributed by atoms with Crippen molar-refractivity contribution in [2.24, 2.45) is 0 Å². The fourth-order valence-electron chi connectivity index (χ4n) is 3.27. The highest BCUT2D eigenvalue weighted by molar-refractivity contribution is 6.00. The van der Waals surface area contributed by atoms with E-state index in [1.807, 2.05) is 6.92 Å². The molecule has 1 aromatic rings. The number of carbonyl (C=O) groups excluding carboxylic acids is 2. The predicted octanol–water partition coefficient (Wildman–Crippen LogP) is 0.737. The van der Waals surface area contributed by atoms with Crippen LogP contribution in [0, 0.1) is 0 Å². The van der Waals surface area contributed by atoms with Gasteiger partial charge in [0.1, 0.15) is 0 Å². The van der Waals surface area contributed by atoms with Gasteiger partial charge in [0.15, 0.2) is 23.0 Å². The summed E-state index contributed by atoms with van der Waals surface area (Å²) in [6.07, 6.45) is 1.51. The SMILES string of the molecule is CCC(=O)c1cn2c(c(O)c1=O)C(=O)N1[C@@H](C)CO[C@]1(C)C2. The number of aromatic nitrogens is 1. The number of carbonyl (C=O) groups is 2. The smallest absolute Gasteiger partial charge is 0.277 e. The number of Topliss-reactive ketones (excluding diaryl/α,β-unsaturated/α-hetero) is 1. The molecular weight excluding hydrogens is 288 g/mol. The van der Waals surface area contributed by atoms with Crippen LogP contribution in [-0.4, -0.2) is 44.6 Å². The van der Waals surface area contributed by atoms with Crippen molar-refractivity contribution in [2.45, 2.75) is 45.5 Å². The number of amides is 1. The number of pyridine rings is 1. The molecule has 0 spiro atoms. The molecule has 1 fully saturated rings. The molecule has 2 aliphatic heterocycles. The van der Waals surface area contributed by atoms with Crippen LogP contribution >= 0.6 is 0 Å². The summed E-state index contributed by atoms with van der Waals surface area (Å²) < 4.78 is 7.18. The molecule has 0 saturated carbocycles. The molecule has 1 aromatic heterocycles. The minimum atomic E-state index is -0.836. The van der Waals surface area contributed by atoms with Gasteiger partial charge >= 0.3 is 0 Å². The lowest BCUT2D eigenvalue weighted by Crippen LogP contribution is -2.56. The van der Waals surface area contributed by atoms with Gasteiger partial charge in [-0.2, -0.15) is 0 Å². The Bertz CT molecular complexity index is 738. The van der Waals surface area contributed by atoms with Crippen molar-refractivity contribution in [1.29, 1.82) is 0 Å². The van der Waals surface area contributed by atoms with Gasteiger partial charge < -0.3 is 19.3 Å². The lowest BCUT2D eigenvalue weighted by molar-refractivity contribution is -0.0752. The average molecular weight is 306 g/mol. The van der Waals surface area contributed by atoms with Crippen molar-refractivity contribution in [3.63, 3.8) is 0 Å². The van der Waals surface area contributed by atoms with E-state index in [2.05, 4.69) is 0 Å². The molecule has 118 valence electrons. The van der Waals surface area contributed by atoms with Gasteiger partial charge in [-0.25, -0.2) is 0 Å². The van der Waals surface area contributed by atoms with Crippen LogP contribution in [0.4, 0.5) is 0 Å². The molecule has 7 heteroatoms. The number of nitrogens with zero attached hydrogens (tertiary/aromatic N) is 2. The maximum Gasteiger partial charge on any atom is 0.277 e. The molecular formula is C15H18N2O5. The van der Waals surface area contributed by atoms with Crippen LogP contribution in [0.3, 0.4) is 0 Å². The van der Waals surface area contributed by atoms with E-state index in [9.17, 15) is 19.5 Å². The second-order valence-electron chi connectivity index (χ2n) is 5.98. The van der Waals surface area contributed by atoms with E-state index in [4.69, 9.17) is 4.74 Å². The zero-order valence-electron chi connectivity index (χ0n) is 12.8. The molecule has 1 amide bonds. The highest BCUT2D eigenvalue weighted by Crippen LogP contribution is 2.36.